The smallest absolute Gasteiger partial charge is 0.0701 e. The molecular formula is C16H27N. The van der Waals surface area contributed by atoms with E-state index in [0.717, 1.165) is 5.52 Å². The van der Waals surface area contributed by atoms with Gasteiger partial charge in [-0.3, -0.25) is 4.98 Å². The molecule has 0 bridgehead atoms. The molecule has 1 heteroatoms. The Kier molecular flexibility index (Phi) is 15.5. The Morgan fingerprint density at radius 3 is 1.82 bits per heavy atom. The van der Waals surface area contributed by atoms with Crippen LogP contribution in [-0.4, -0.2) is 4.98 Å². The zero-order valence-corrected chi connectivity index (χ0v) is 12.2. The van der Waals surface area contributed by atoms with Crippen LogP contribution >= 0.6 is 0 Å². The molecule has 0 unspecified atom stereocenters. The second kappa shape index (κ2) is 14.6. The molecule has 0 aliphatic carbocycles. The third-order valence-corrected chi connectivity index (χ3v) is 1.51. The molecule has 0 aliphatic heterocycles. The van der Waals surface area contributed by atoms with Crippen LogP contribution in [0.15, 0.2) is 42.6 Å². The van der Waals surface area contributed by atoms with E-state index in [9.17, 15) is 0 Å². The first-order chi connectivity index (χ1) is 8.38. The zero-order valence-electron chi connectivity index (χ0n) is 12.2. The van der Waals surface area contributed by atoms with E-state index < -0.39 is 0 Å². The average molecular weight is 233 g/mol. The van der Waals surface area contributed by atoms with Gasteiger partial charge in [-0.1, -0.05) is 72.2 Å². The van der Waals surface area contributed by atoms with Gasteiger partial charge in [0.05, 0.1) is 5.52 Å². The third kappa shape index (κ3) is 8.44. The molecule has 0 saturated carbocycles. The Labute approximate surface area is 107 Å². The highest BCUT2D eigenvalue weighted by molar-refractivity contribution is 5.77. The summed E-state index contributed by atoms with van der Waals surface area (Å²) < 4.78 is 0. The van der Waals surface area contributed by atoms with Crippen molar-refractivity contribution in [2.24, 2.45) is 0 Å². The maximum atomic E-state index is 4.18. The lowest BCUT2D eigenvalue weighted by atomic mass is 10.2. The van der Waals surface area contributed by atoms with E-state index >= 15 is 0 Å². The standard InChI is InChI=1S/C9H7N.C3H8.2C2H6/c1-2-6-9-8(4-1)5-3-7-10-9;1-3-2;2*1-2/h1-7H;3H2,1-2H3;2*1-2H3. The molecule has 0 radical (unpaired) electrons. The lowest BCUT2D eigenvalue weighted by molar-refractivity contribution is 1.09. The number of fused-ring (bicyclic) bond motifs is 1. The molecule has 1 heterocycles. The van der Waals surface area contributed by atoms with E-state index in [1.807, 2.05) is 58.2 Å². The Morgan fingerprint density at radius 2 is 1.29 bits per heavy atom. The van der Waals surface area contributed by atoms with Crippen LogP contribution in [0.4, 0.5) is 0 Å². The van der Waals surface area contributed by atoms with Gasteiger partial charge in [-0.2, -0.15) is 0 Å². The maximum Gasteiger partial charge on any atom is 0.0701 e. The van der Waals surface area contributed by atoms with Crippen LogP contribution in [0.25, 0.3) is 10.9 Å². The van der Waals surface area contributed by atoms with E-state index in [1.165, 1.54) is 11.8 Å². The summed E-state index contributed by atoms with van der Waals surface area (Å²) in [6.45, 7) is 12.2. The van der Waals surface area contributed by atoms with E-state index in [2.05, 4.69) is 31.0 Å². The molecule has 1 aromatic carbocycles. The minimum atomic E-state index is 1.06. The molecule has 2 aromatic rings. The van der Waals surface area contributed by atoms with Gasteiger partial charge in [0.25, 0.3) is 0 Å². The van der Waals surface area contributed by atoms with Crippen LogP contribution in [0.5, 0.6) is 0 Å². The number of aromatic nitrogens is 1. The number of nitrogens with zero attached hydrogens (tertiary/aromatic N) is 1. The van der Waals surface area contributed by atoms with Gasteiger partial charge in [-0.15, -0.1) is 0 Å². The number of para-hydroxylation sites is 1. The zero-order chi connectivity index (χ0) is 13.5. The van der Waals surface area contributed by atoms with Crippen LogP contribution in [0.3, 0.4) is 0 Å². The van der Waals surface area contributed by atoms with E-state index in [-0.39, 0.29) is 0 Å². The summed E-state index contributed by atoms with van der Waals surface area (Å²) in [5, 5.41) is 1.20. The topological polar surface area (TPSA) is 12.9 Å². The van der Waals surface area contributed by atoms with E-state index in [4.69, 9.17) is 0 Å². The molecule has 0 spiro atoms. The van der Waals surface area contributed by atoms with Crippen molar-refractivity contribution in [3.63, 3.8) is 0 Å². The summed E-state index contributed by atoms with van der Waals surface area (Å²) in [4.78, 5) is 4.18. The van der Waals surface area contributed by atoms with Crippen molar-refractivity contribution < 1.29 is 0 Å². The molecule has 0 amide bonds. The molecule has 1 nitrogen and oxygen atoms in total. The quantitative estimate of drug-likeness (QED) is 0.568. The first-order valence-electron chi connectivity index (χ1n) is 6.68. The molecule has 0 fully saturated rings. The van der Waals surface area contributed by atoms with Gasteiger partial charge in [-0.05, 0) is 12.1 Å². The predicted octanol–water partition coefficient (Wildman–Crippen LogP) is 5.70. The molecule has 17 heavy (non-hydrogen) atoms. The van der Waals surface area contributed by atoms with Crippen molar-refractivity contribution >= 4 is 10.9 Å². The van der Waals surface area contributed by atoms with Crippen molar-refractivity contribution in [1.82, 2.24) is 4.98 Å². The second-order valence-electron chi connectivity index (χ2n) is 2.90. The van der Waals surface area contributed by atoms with Gasteiger partial charge >= 0.3 is 0 Å². The van der Waals surface area contributed by atoms with Gasteiger partial charge in [0.2, 0.25) is 0 Å². The van der Waals surface area contributed by atoms with Gasteiger partial charge in [0.1, 0.15) is 0 Å². The van der Waals surface area contributed by atoms with Crippen LogP contribution in [0.2, 0.25) is 0 Å². The highest BCUT2D eigenvalue weighted by Gasteiger charge is 1.86. The number of benzene rings is 1. The fourth-order valence-corrected chi connectivity index (χ4v) is 1.02. The van der Waals surface area contributed by atoms with E-state index in [1.54, 1.807) is 0 Å². The Morgan fingerprint density at radius 1 is 0.824 bits per heavy atom. The Hall–Kier alpha value is -1.37. The van der Waals surface area contributed by atoms with Gasteiger partial charge in [-0.25, -0.2) is 0 Å². The number of hydrogen-bond acceptors (Lipinski definition) is 1. The first kappa shape index (κ1) is 18.0. The highest BCUT2D eigenvalue weighted by atomic mass is 14.6. The molecule has 2 rings (SSSR count). The minimum Gasteiger partial charge on any atom is -0.256 e. The fourth-order valence-electron chi connectivity index (χ4n) is 1.02. The SMILES string of the molecule is CC.CC.CCC.c1ccc2ncccc2c1. The summed E-state index contributed by atoms with van der Waals surface area (Å²) in [6, 6.07) is 12.1. The maximum absolute atomic E-state index is 4.18. The summed E-state index contributed by atoms with van der Waals surface area (Å²) in [5.41, 5.74) is 1.06. The van der Waals surface area contributed by atoms with Crippen LogP contribution < -0.4 is 0 Å². The molecule has 0 N–H and O–H groups in total. The Balaban J connectivity index is 0. The molecule has 0 atom stereocenters. The summed E-state index contributed by atoms with van der Waals surface area (Å²) in [6.07, 6.45) is 3.06. The highest BCUT2D eigenvalue weighted by Crippen LogP contribution is 2.07. The molecule has 0 saturated heterocycles. The fraction of sp³-hybridized carbons (Fsp3) is 0.438. The third-order valence-electron chi connectivity index (χ3n) is 1.51. The molecule has 1 aromatic heterocycles. The van der Waals surface area contributed by atoms with Crippen molar-refractivity contribution in [3.8, 4) is 0 Å². The summed E-state index contributed by atoms with van der Waals surface area (Å²) in [7, 11) is 0. The number of hydrogen-bond donors (Lipinski definition) is 0. The lowest BCUT2D eigenvalue weighted by Gasteiger charge is -1.91. The summed E-state index contributed by atoms with van der Waals surface area (Å²) in [5.74, 6) is 0. The lowest BCUT2D eigenvalue weighted by Crippen LogP contribution is -1.73. The van der Waals surface area contributed by atoms with Gasteiger partial charge in [0, 0.05) is 11.6 Å². The average Bonchev–Trinajstić information content (AvgIpc) is 2.44. The van der Waals surface area contributed by atoms with Crippen molar-refractivity contribution in [3.05, 3.63) is 42.6 Å². The van der Waals surface area contributed by atoms with E-state index in [0.29, 0.717) is 0 Å². The van der Waals surface area contributed by atoms with Gasteiger partial charge in [0.15, 0.2) is 0 Å². The second-order valence-corrected chi connectivity index (χ2v) is 2.90. The normalized spacial score (nSPS) is 7.65. The van der Waals surface area contributed by atoms with Crippen LogP contribution in [-0.2, 0) is 0 Å². The first-order valence-corrected chi connectivity index (χ1v) is 6.68. The van der Waals surface area contributed by atoms with Crippen molar-refractivity contribution in [2.45, 2.75) is 48.0 Å². The van der Waals surface area contributed by atoms with Gasteiger partial charge < -0.3 is 0 Å². The predicted molar refractivity (Wildman–Crippen MR) is 80.4 cm³/mol. The van der Waals surface area contributed by atoms with Crippen molar-refractivity contribution in [1.29, 1.82) is 0 Å². The number of pyridine rings is 1. The largest absolute Gasteiger partial charge is 0.256 e. The molecular weight excluding hydrogens is 206 g/mol. The Bertz CT molecular complexity index is 290. The van der Waals surface area contributed by atoms with Crippen LogP contribution in [0.1, 0.15) is 48.0 Å². The van der Waals surface area contributed by atoms with Crippen molar-refractivity contribution in [2.75, 3.05) is 0 Å². The van der Waals surface area contributed by atoms with Crippen LogP contribution in [0, 0.1) is 0 Å². The molecule has 96 valence electrons. The number of rotatable bonds is 0. The summed E-state index contributed by atoms with van der Waals surface area (Å²) >= 11 is 0. The minimum absolute atomic E-state index is 1.06. The molecule has 0 aliphatic rings. The monoisotopic (exact) mass is 233 g/mol.